The van der Waals surface area contributed by atoms with Gasteiger partial charge in [-0.05, 0) is 12.3 Å². The smallest absolute Gasteiger partial charge is 0.811 e. The minimum Gasteiger partial charge on any atom is -0.811 e. The summed E-state index contributed by atoms with van der Waals surface area (Å²) in [6.07, 6.45) is -0.900. The van der Waals surface area contributed by atoms with Gasteiger partial charge in [0.15, 0.2) is 0 Å². The van der Waals surface area contributed by atoms with Crippen LogP contribution in [0.15, 0.2) is 0 Å². The van der Waals surface area contributed by atoms with Gasteiger partial charge in [0.05, 0.1) is 0 Å². The van der Waals surface area contributed by atoms with Gasteiger partial charge in [-0.3, -0.25) is 0 Å². The molecule has 0 aromatic rings. The predicted octanol–water partition coefficient (Wildman–Crippen LogP) is -1.72. The molecule has 0 rings (SSSR count). The Balaban J connectivity index is -0.000000180. The largest absolute Gasteiger partial charge is 4.00 e. The van der Waals surface area contributed by atoms with Gasteiger partial charge in [-0.1, -0.05) is 15.2 Å². The molecule has 0 amide bonds. The molecule has 0 aliphatic heterocycles. The van der Waals surface area contributed by atoms with Crippen LogP contribution in [-0.2, 0) is 35.3 Å². The van der Waals surface area contributed by atoms with Crippen LogP contribution in [0.5, 0.6) is 0 Å². The first-order valence-electron chi connectivity index (χ1n) is 3.26. The van der Waals surface area contributed by atoms with Gasteiger partial charge in [-0.25, -0.2) is 0 Å². The van der Waals surface area contributed by atoms with Gasteiger partial charge >= 0.3 is 26.2 Å². The molecule has 0 N–H and O–H groups in total. The molecule has 0 saturated heterocycles. The Morgan fingerprint density at radius 2 is 1.00 bits per heavy atom. The number of hydrogen-bond donors (Lipinski definition) is 0. The SMILES string of the molecule is O=P([O-])([O-])CCCl.O=P([O-])([O-])CCCl.[Zr+4]. The van der Waals surface area contributed by atoms with Crippen LogP contribution in [-0.4, -0.2) is 24.1 Å². The second kappa shape index (κ2) is 10.9. The maximum atomic E-state index is 9.62. The van der Waals surface area contributed by atoms with E-state index in [0.29, 0.717) is 0 Å². The van der Waals surface area contributed by atoms with Crippen molar-refractivity contribution >= 4 is 38.4 Å². The molecule has 0 aliphatic rings. The zero-order valence-electron chi connectivity index (χ0n) is 7.43. The van der Waals surface area contributed by atoms with E-state index < -0.39 is 27.5 Å². The average Bonchev–Trinajstić information content (AvgIpc) is 1.81. The van der Waals surface area contributed by atoms with Crippen LogP contribution >= 0.6 is 38.4 Å². The third-order valence-corrected chi connectivity index (χ3v) is 3.16. The van der Waals surface area contributed by atoms with Crippen molar-refractivity contribution in [3.63, 3.8) is 0 Å². The predicted molar refractivity (Wildman–Crippen MR) is 46.4 cm³/mol. The molecule has 88 valence electrons. The number of alkyl halides is 2. The Bertz CT molecular complexity index is 203. The van der Waals surface area contributed by atoms with Gasteiger partial charge in [-0.2, -0.15) is 0 Å². The molecule has 0 spiro atoms. The fourth-order valence-corrected chi connectivity index (χ4v) is 1.86. The first kappa shape index (κ1) is 22.0. The maximum absolute atomic E-state index is 9.62. The molecular formula is C4H8Cl2O6P2Zr. The summed E-state index contributed by atoms with van der Waals surface area (Å²) in [5, 5.41) is 0. The fourth-order valence-electron chi connectivity index (χ4n) is 0.207. The summed E-state index contributed by atoms with van der Waals surface area (Å²) in [5.74, 6) is -0.214. The van der Waals surface area contributed by atoms with Crippen molar-refractivity contribution in [3.8, 4) is 0 Å². The molecule has 0 atom stereocenters. The second-order valence-corrected chi connectivity index (χ2v) is 6.14. The second-order valence-electron chi connectivity index (χ2n) is 2.05. The molecule has 0 fully saturated rings. The van der Waals surface area contributed by atoms with Crippen molar-refractivity contribution in [2.24, 2.45) is 0 Å². The molecule has 0 aromatic heterocycles. The van der Waals surface area contributed by atoms with Crippen LogP contribution < -0.4 is 19.6 Å². The Hall–Kier alpha value is 1.76. The summed E-state index contributed by atoms with van der Waals surface area (Å²) in [6.45, 7) is 0. The van der Waals surface area contributed by atoms with Crippen LogP contribution in [0.3, 0.4) is 0 Å². The Kier molecular flexibility index (Phi) is 16.0. The summed E-state index contributed by atoms with van der Waals surface area (Å²) < 4.78 is 19.2. The summed E-state index contributed by atoms with van der Waals surface area (Å²) in [5.41, 5.74) is 0. The first-order chi connectivity index (χ1) is 6.12. The number of rotatable bonds is 4. The summed E-state index contributed by atoms with van der Waals surface area (Å²) in [7, 11) is -8.60. The summed E-state index contributed by atoms with van der Waals surface area (Å²) in [6, 6.07) is 0. The Morgan fingerprint density at radius 1 is 0.800 bits per heavy atom. The molecule has 0 aliphatic carbocycles. The van der Waals surface area contributed by atoms with Gasteiger partial charge in [-0.15, -0.1) is 23.2 Å². The van der Waals surface area contributed by atoms with Gasteiger partial charge in [0.2, 0.25) is 0 Å². The molecule has 0 aromatic carbocycles. The monoisotopic (exact) mass is 374 g/mol. The summed E-state index contributed by atoms with van der Waals surface area (Å²) >= 11 is 9.83. The van der Waals surface area contributed by atoms with E-state index in [9.17, 15) is 28.7 Å². The van der Waals surface area contributed by atoms with Crippen LogP contribution in [0.2, 0.25) is 0 Å². The van der Waals surface area contributed by atoms with E-state index in [1.54, 1.807) is 0 Å². The van der Waals surface area contributed by atoms with E-state index in [1.165, 1.54) is 0 Å². The molecule has 0 radical (unpaired) electrons. The third kappa shape index (κ3) is 31.3. The molecule has 0 heterocycles. The standard InChI is InChI=1S/2C2H6ClO3P.Zr/c2*3-1-2-7(4,5)6;/h2*1-2H2,(H2,4,5,6);/q;;+4/p-4. The average molecular weight is 376 g/mol. The van der Waals surface area contributed by atoms with E-state index >= 15 is 0 Å². The van der Waals surface area contributed by atoms with Gasteiger partial charge in [0.1, 0.15) is 0 Å². The topological polar surface area (TPSA) is 126 Å². The molecular weight excluding hydrogens is 368 g/mol. The van der Waals surface area contributed by atoms with E-state index in [2.05, 4.69) is 0 Å². The first-order valence-corrected chi connectivity index (χ1v) is 7.79. The minimum atomic E-state index is -4.30. The zero-order chi connectivity index (χ0) is 11.8. The molecule has 15 heavy (non-hydrogen) atoms. The van der Waals surface area contributed by atoms with E-state index in [0.717, 1.165) is 0 Å². The molecule has 0 bridgehead atoms. The third-order valence-electron chi connectivity index (χ3n) is 0.717. The quantitative estimate of drug-likeness (QED) is 0.424. The Morgan fingerprint density at radius 3 is 1.00 bits per heavy atom. The van der Waals surface area contributed by atoms with Crippen molar-refractivity contribution in [2.75, 3.05) is 24.1 Å². The van der Waals surface area contributed by atoms with Crippen molar-refractivity contribution < 1.29 is 54.9 Å². The normalized spacial score (nSPS) is 11.1. The van der Waals surface area contributed by atoms with Crippen molar-refractivity contribution in [3.05, 3.63) is 0 Å². The number of halogens is 2. The van der Waals surface area contributed by atoms with Crippen LogP contribution in [0.4, 0.5) is 0 Å². The fraction of sp³-hybridized carbons (Fsp3) is 1.00. The van der Waals surface area contributed by atoms with E-state index in [4.69, 9.17) is 23.2 Å². The van der Waals surface area contributed by atoms with Gasteiger partial charge in [0, 0.05) is 11.8 Å². The minimum absolute atomic E-state index is 0. The Labute approximate surface area is 117 Å². The molecule has 11 heteroatoms. The van der Waals surface area contributed by atoms with Crippen molar-refractivity contribution in [1.29, 1.82) is 0 Å². The van der Waals surface area contributed by atoms with E-state index in [-0.39, 0.29) is 38.0 Å². The molecule has 0 saturated carbocycles. The molecule has 6 nitrogen and oxygen atoms in total. The van der Waals surface area contributed by atoms with Crippen molar-refractivity contribution in [1.82, 2.24) is 0 Å². The molecule has 0 unspecified atom stereocenters. The maximum Gasteiger partial charge on any atom is 4.00 e. The zero-order valence-corrected chi connectivity index (χ0v) is 13.2. The van der Waals surface area contributed by atoms with Gasteiger partial charge < -0.3 is 28.7 Å². The van der Waals surface area contributed by atoms with E-state index in [1.807, 2.05) is 0 Å². The summed E-state index contributed by atoms with van der Waals surface area (Å²) in [4.78, 5) is 38.5. The number of hydrogen-bond acceptors (Lipinski definition) is 6. The van der Waals surface area contributed by atoms with Gasteiger partial charge in [0.25, 0.3) is 0 Å². The van der Waals surface area contributed by atoms with Crippen LogP contribution in [0.1, 0.15) is 0 Å². The van der Waals surface area contributed by atoms with Crippen LogP contribution in [0, 0.1) is 0 Å². The van der Waals surface area contributed by atoms with Crippen molar-refractivity contribution in [2.45, 2.75) is 0 Å². The van der Waals surface area contributed by atoms with Crippen LogP contribution in [0.25, 0.3) is 0 Å².